The number of rotatable bonds is 5. The van der Waals surface area contributed by atoms with Gasteiger partial charge in [-0.25, -0.2) is 4.39 Å². The van der Waals surface area contributed by atoms with Gasteiger partial charge in [-0.05, 0) is 47.0 Å². The highest BCUT2D eigenvalue weighted by atomic mass is 19.1. The Morgan fingerprint density at radius 3 is 2.54 bits per heavy atom. The summed E-state index contributed by atoms with van der Waals surface area (Å²) < 4.78 is 13.2. The molecule has 5 heteroatoms. The van der Waals surface area contributed by atoms with Gasteiger partial charge in [-0.1, -0.05) is 42.5 Å². The van der Waals surface area contributed by atoms with Crippen molar-refractivity contribution < 1.29 is 14.0 Å². The first kappa shape index (κ1) is 17.9. The van der Waals surface area contributed by atoms with Crippen LogP contribution in [0.3, 0.4) is 0 Å². The molecule has 0 aromatic heterocycles. The summed E-state index contributed by atoms with van der Waals surface area (Å²) in [6, 6.07) is 21.2. The molecule has 140 valence electrons. The monoisotopic (exact) mass is 374 g/mol. The predicted molar refractivity (Wildman–Crippen MR) is 105 cm³/mol. The molecular weight excluding hydrogens is 355 g/mol. The lowest BCUT2D eigenvalue weighted by atomic mass is 10.1. The minimum Gasteiger partial charge on any atom is -0.348 e. The van der Waals surface area contributed by atoms with Crippen LogP contribution in [-0.2, 0) is 24.3 Å². The third-order valence-electron chi connectivity index (χ3n) is 4.80. The Labute approximate surface area is 162 Å². The number of carbonyl (C=O) groups excluding carboxylic acids is 2. The summed E-state index contributed by atoms with van der Waals surface area (Å²) in [6.45, 7) is 0.754. The van der Waals surface area contributed by atoms with Crippen LogP contribution < -0.4 is 10.2 Å². The van der Waals surface area contributed by atoms with E-state index in [-0.39, 0.29) is 30.6 Å². The number of fused-ring (bicyclic) bond motifs is 1. The third-order valence-corrected chi connectivity index (χ3v) is 4.80. The van der Waals surface area contributed by atoms with E-state index in [1.165, 1.54) is 12.1 Å². The van der Waals surface area contributed by atoms with Gasteiger partial charge in [-0.15, -0.1) is 0 Å². The Hall–Kier alpha value is -3.47. The van der Waals surface area contributed by atoms with Crippen molar-refractivity contribution in [2.24, 2.45) is 0 Å². The summed E-state index contributed by atoms with van der Waals surface area (Å²) in [5.74, 6) is -0.557. The second kappa shape index (κ2) is 7.64. The van der Waals surface area contributed by atoms with Gasteiger partial charge in [-0.2, -0.15) is 0 Å². The van der Waals surface area contributed by atoms with Crippen molar-refractivity contribution in [3.8, 4) is 0 Å². The quantitative estimate of drug-likeness (QED) is 0.738. The van der Waals surface area contributed by atoms with E-state index in [1.54, 1.807) is 29.2 Å². The van der Waals surface area contributed by atoms with Crippen LogP contribution in [0.15, 0.2) is 72.8 Å². The maximum absolute atomic E-state index is 13.2. The molecule has 3 aromatic carbocycles. The molecule has 0 fully saturated rings. The first-order valence-corrected chi connectivity index (χ1v) is 9.10. The predicted octanol–water partition coefficient (Wildman–Crippen LogP) is 3.85. The fraction of sp³-hybridized carbons (Fsp3) is 0.130. The lowest BCUT2D eigenvalue weighted by Gasteiger charge is -2.18. The minimum atomic E-state index is -0.332. The van der Waals surface area contributed by atoms with Crippen molar-refractivity contribution in [1.82, 2.24) is 5.32 Å². The van der Waals surface area contributed by atoms with E-state index >= 15 is 0 Å². The van der Waals surface area contributed by atoms with Crippen molar-refractivity contribution in [2.75, 3.05) is 4.90 Å². The van der Waals surface area contributed by atoms with Gasteiger partial charge in [0.25, 0.3) is 5.91 Å². The fourth-order valence-corrected chi connectivity index (χ4v) is 3.40. The molecule has 0 radical (unpaired) electrons. The third kappa shape index (κ3) is 3.78. The number of hydrogen-bond donors (Lipinski definition) is 1. The Kier molecular flexibility index (Phi) is 4.89. The maximum Gasteiger partial charge on any atom is 0.251 e. The molecule has 1 aliphatic heterocycles. The minimum absolute atomic E-state index is 0.0242. The standard InChI is InChI=1S/C23H19FN2O2/c24-20-8-4-7-17(11-20)14-25-23(28)18-9-10-21-19(12-18)13-22(27)26(21)15-16-5-2-1-3-6-16/h1-12H,13-15H2,(H,25,28). The second-order valence-electron chi connectivity index (χ2n) is 6.80. The number of benzene rings is 3. The van der Waals surface area contributed by atoms with Gasteiger partial charge in [0.1, 0.15) is 5.82 Å². The molecule has 1 N–H and O–H groups in total. The van der Waals surface area contributed by atoms with Crippen molar-refractivity contribution in [3.05, 3.63) is 101 Å². The number of halogens is 1. The van der Waals surface area contributed by atoms with E-state index in [0.29, 0.717) is 17.7 Å². The van der Waals surface area contributed by atoms with Crippen LogP contribution in [0.2, 0.25) is 0 Å². The van der Waals surface area contributed by atoms with Crippen molar-refractivity contribution in [2.45, 2.75) is 19.5 Å². The van der Waals surface area contributed by atoms with Crippen molar-refractivity contribution in [3.63, 3.8) is 0 Å². The highest BCUT2D eigenvalue weighted by molar-refractivity contribution is 6.03. The first-order valence-electron chi connectivity index (χ1n) is 9.10. The van der Waals surface area contributed by atoms with Gasteiger partial charge in [0, 0.05) is 17.8 Å². The molecule has 0 aliphatic carbocycles. The molecule has 0 saturated carbocycles. The van der Waals surface area contributed by atoms with E-state index in [9.17, 15) is 14.0 Å². The number of carbonyl (C=O) groups is 2. The van der Waals surface area contributed by atoms with Gasteiger partial charge in [0.05, 0.1) is 13.0 Å². The number of nitrogens with zero attached hydrogens (tertiary/aromatic N) is 1. The Balaban J connectivity index is 1.47. The smallest absolute Gasteiger partial charge is 0.251 e. The second-order valence-corrected chi connectivity index (χ2v) is 6.80. The molecule has 1 aliphatic rings. The Bertz CT molecular complexity index is 1030. The van der Waals surface area contributed by atoms with Crippen LogP contribution in [0.5, 0.6) is 0 Å². The average molecular weight is 374 g/mol. The van der Waals surface area contributed by atoms with E-state index in [1.807, 2.05) is 36.4 Å². The zero-order chi connectivity index (χ0) is 19.5. The number of hydrogen-bond acceptors (Lipinski definition) is 2. The molecule has 3 aromatic rings. The largest absolute Gasteiger partial charge is 0.348 e. The van der Waals surface area contributed by atoms with Crippen molar-refractivity contribution in [1.29, 1.82) is 0 Å². The number of anilines is 1. The van der Waals surface area contributed by atoms with Gasteiger partial charge in [-0.3, -0.25) is 9.59 Å². The SMILES string of the molecule is O=C(NCc1cccc(F)c1)c1ccc2c(c1)CC(=O)N2Cc1ccccc1. The molecule has 28 heavy (non-hydrogen) atoms. The van der Waals surface area contributed by atoms with Gasteiger partial charge in [0.15, 0.2) is 0 Å². The molecule has 1 heterocycles. The van der Waals surface area contributed by atoms with Crippen LogP contribution in [0.4, 0.5) is 10.1 Å². The maximum atomic E-state index is 13.2. The molecule has 0 bridgehead atoms. The Morgan fingerprint density at radius 2 is 1.75 bits per heavy atom. The summed E-state index contributed by atoms with van der Waals surface area (Å²) in [4.78, 5) is 26.7. The fourth-order valence-electron chi connectivity index (χ4n) is 3.40. The van der Waals surface area contributed by atoms with Gasteiger partial charge >= 0.3 is 0 Å². The molecular formula is C23H19FN2O2. The lowest BCUT2D eigenvalue weighted by Crippen LogP contribution is -2.26. The van der Waals surface area contributed by atoms with Crippen LogP contribution in [-0.4, -0.2) is 11.8 Å². The number of nitrogens with one attached hydrogen (secondary N) is 1. The zero-order valence-corrected chi connectivity index (χ0v) is 15.2. The highest BCUT2D eigenvalue weighted by Crippen LogP contribution is 2.31. The van der Waals surface area contributed by atoms with Crippen LogP contribution in [0, 0.1) is 5.82 Å². The molecule has 0 unspecified atom stereocenters. The van der Waals surface area contributed by atoms with Crippen LogP contribution in [0.1, 0.15) is 27.0 Å². The summed E-state index contributed by atoms with van der Waals surface area (Å²) in [5, 5.41) is 2.79. The van der Waals surface area contributed by atoms with E-state index < -0.39 is 0 Å². The molecule has 0 saturated heterocycles. The Morgan fingerprint density at radius 1 is 0.964 bits per heavy atom. The van der Waals surface area contributed by atoms with Gasteiger partial charge in [0.2, 0.25) is 5.91 Å². The topological polar surface area (TPSA) is 49.4 Å². The molecule has 2 amide bonds. The number of amides is 2. The summed E-state index contributed by atoms with van der Waals surface area (Å²) in [7, 11) is 0. The summed E-state index contributed by atoms with van der Waals surface area (Å²) in [5.41, 5.74) is 3.93. The van der Waals surface area contributed by atoms with Crippen LogP contribution >= 0.6 is 0 Å². The van der Waals surface area contributed by atoms with E-state index in [2.05, 4.69) is 5.32 Å². The molecule has 4 nitrogen and oxygen atoms in total. The summed E-state index contributed by atoms with van der Waals surface area (Å²) in [6.07, 6.45) is 0.285. The highest BCUT2D eigenvalue weighted by Gasteiger charge is 2.28. The summed E-state index contributed by atoms with van der Waals surface area (Å²) >= 11 is 0. The molecule has 4 rings (SSSR count). The van der Waals surface area contributed by atoms with Crippen molar-refractivity contribution >= 4 is 17.5 Å². The molecule has 0 atom stereocenters. The van der Waals surface area contributed by atoms with E-state index in [0.717, 1.165) is 16.8 Å². The first-order chi connectivity index (χ1) is 13.6. The average Bonchev–Trinajstić information content (AvgIpc) is 3.01. The van der Waals surface area contributed by atoms with Crippen LogP contribution in [0.25, 0.3) is 0 Å². The lowest BCUT2D eigenvalue weighted by molar-refractivity contribution is -0.117. The normalized spacial score (nSPS) is 12.8. The van der Waals surface area contributed by atoms with E-state index in [4.69, 9.17) is 0 Å². The molecule has 0 spiro atoms. The zero-order valence-electron chi connectivity index (χ0n) is 15.2. The van der Waals surface area contributed by atoms with Gasteiger partial charge < -0.3 is 10.2 Å².